The number of piperidine rings is 1. The van der Waals surface area contributed by atoms with Crippen LogP contribution in [0.2, 0.25) is 0 Å². The molecule has 184 valence electrons. The van der Waals surface area contributed by atoms with Crippen molar-refractivity contribution in [3.8, 4) is 0 Å². The highest BCUT2D eigenvalue weighted by molar-refractivity contribution is 7.89. The fourth-order valence-corrected chi connectivity index (χ4v) is 5.74. The third-order valence-electron chi connectivity index (χ3n) is 6.51. The Labute approximate surface area is 202 Å². The number of benzene rings is 2. The quantitative estimate of drug-likeness (QED) is 0.569. The van der Waals surface area contributed by atoms with E-state index in [1.165, 1.54) is 4.31 Å². The molecule has 0 aromatic heterocycles. The monoisotopic (exact) mass is 486 g/mol. The van der Waals surface area contributed by atoms with Gasteiger partial charge in [-0.25, -0.2) is 8.42 Å². The lowest BCUT2D eigenvalue weighted by Crippen LogP contribution is -2.41. The molecule has 1 aliphatic rings. The largest absolute Gasteiger partial charge is 0.455 e. The van der Waals surface area contributed by atoms with E-state index in [1.807, 2.05) is 45.9 Å². The first-order chi connectivity index (χ1) is 16.2. The van der Waals surface area contributed by atoms with Gasteiger partial charge in [0.05, 0.1) is 10.8 Å². The van der Waals surface area contributed by atoms with Gasteiger partial charge in [-0.2, -0.15) is 4.31 Å². The number of amides is 1. The predicted octanol–water partition coefficient (Wildman–Crippen LogP) is 4.01. The number of nitrogens with zero attached hydrogens (tertiary/aromatic N) is 1. The highest BCUT2D eigenvalue weighted by atomic mass is 32.2. The number of aryl methyl sites for hydroxylation is 4. The SMILES string of the molecule is CCc1cccc(CC)c1NC(=O)COC(=O)C1CCN(S(=O)(=O)c2ccc(C)c(C)c2)CC1. The van der Waals surface area contributed by atoms with Gasteiger partial charge in [-0.3, -0.25) is 9.59 Å². The second kappa shape index (κ2) is 11.1. The van der Waals surface area contributed by atoms with Crippen LogP contribution in [-0.4, -0.2) is 44.3 Å². The Balaban J connectivity index is 1.53. The lowest BCUT2D eigenvalue weighted by Gasteiger charge is -2.30. The molecular formula is C26H34N2O5S. The zero-order chi connectivity index (χ0) is 24.9. The van der Waals surface area contributed by atoms with Crippen molar-refractivity contribution in [2.75, 3.05) is 25.0 Å². The van der Waals surface area contributed by atoms with Crippen LogP contribution >= 0.6 is 0 Å². The molecule has 0 aliphatic carbocycles. The van der Waals surface area contributed by atoms with E-state index in [0.29, 0.717) is 12.8 Å². The molecule has 1 saturated heterocycles. The second-order valence-corrected chi connectivity index (χ2v) is 10.7. The van der Waals surface area contributed by atoms with E-state index in [2.05, 4.69) is 5.32 Å². The maximum absolute atomic E-state index is 13.0. The Kier molecular flexibility index (Phi) is 8.49. The van der Waals surface area contributed by atoms with Crippen molar-refractivity contribution in [3.63, 3.8) is 0 Å². The molecule has 1 aliphatic heterocycles. The van der Waals surface area contributed by atoms with Crippen LogP contribution in [0.3, 0.4) is 0 Å². The maximum atomic E-state index is 13.0. The number of hydrogen-bond acceptors (Lipinski definition) is 5. The molecule has 2 aromatic carbocycles. The number of carbonyl (C=O) groups excluding carboxylic acids is 2. The van der Waals surface area contributed by atoms with Crippen molar-refractivity contribution in [1.29, 1.82) is 0 Å². The molecule has 1 fully saturated rings. The second-order valence-electron chi connectivity index (χ2n) is 8.74. The van der Waals surface area contributed by atoms with Gasteiger partial charge in [0.15, 0.2) is 6.61 Å². The summed E-state index contributed by atoms with van der Waals surface area (Å²) in [5.41, 5.74) is 4.82. The first-order valence-electron chi connectivity index (χ1n) is 11.8. The third kappa shape index (κ3) is 5.85. The Morgan fingerprint density at radius 2 is 1.62 bits per heavy atom. The average Bonchev–Trinajstić information content (AvgIpc) is 2.84. The minimum atomic E-state index is -3.61. The fourth-order valence-electron chi connectivity index (χ4n) is 4.19. The molecule has 0 saturated carbocycles. The molecule has 0 spiro atoms. The Bertz CT molecular complexity index is 1130. The van der Waals surface area contributed by atoms with Gasteiger partial charge in [-0.1, -0.05) is 38.1 Å². The van der Waals surface area contributed by atoms with E-state index < -0.39 is 21.9 Å². The molecule has 3 rings (SSSR count). The lowest BCUT2D eigenvalue weighted by atomic mass is 9.98. The Hall–Kier alpha value is -2.71. The van der Waals surface area contributed by atoms with Crippen molar-refractivity contribution < 1.29 is 22.7 Å². The molecule has 0 radical (unpaired) electrons. The molecule has 0 atom stereocenters. The average molecular weight is 487 g/mol. The van der Waals surface area contributed by atoms with E-state index in [1.54, 1.807) is 18.2 Å². The van der Waals surface area contributed by atoms with E-state index in [9.17, 15) is 18.0 Å². The molecule has 0 unspecified atom stereocenters. The van der Waals surface area contributed by atoms with Crippen molar-refractivity contribution in [1.82, 2.24) is 4.31 Å². The smallest absolute Gasteiger partial charge is 0.309 e. The molecule has 1 amide bonds. The number of ether oxygens (including phenoxy) is 1. The van der Waals surface area contributed by atoms with E-state index >= 15 is 0 Å². The number of hydrogen-bond donors (Lipinski definition) is 1. The van der Waals surface area contributed by atoms with Gasteiger partial charge < -0.3 is 10.1 Å². The maximum Gasteiger partial charge on any atom is 0.309 e. The summed E-state index contributed by atoms with van der Waals surface area (Å²) >= 11 is 0. The van der Waals surface area contributed by atoms with E-state index in [4.69, 9.17) is 4.74 Å². The summed E-state index contributed by atoms with van der Waals surface area (Å²) in [7, 11) is -3.61. The van der Waals surface area contributed by atoms with E-state index in [-0.39, 0.29) is 30.5 Å². The predicted molar refractivity (Wildman–Crippen MR) is 132 cm³/mol. The first-order valence-corrected chi connectivity index (χ1v) is 13.3. The number of esters is 1. The number of sulfonamides is 1. The minimum absolute atomic E-state index is 0.241. The Morgan fingerprint density at radius 3 is 2.18 bits per heavy atom. The minimum Gasteiger partial charge on any atom is -0.455 e. The highest BCUT2D eigenvalue weighted by Gasteiger charge is 2.33. The van der Waals surface area contributed by atoms with Gasteiger partial charge >= 0.3 is 5.97 Å². The highest BCUT2D eigenvalue weighted by Crippen LogP contribution is 2.26. The van der Waals surface area contributed by atoms with Crippen molar-refractivity contribution >= 4 is 27.6 Å². The van der Waals surface area contributed by atoms with Gasteiger partial charge in [0.25, 0.3) is 5.91 Å². The van der Waals surface area contributed by atoms with Gasteiger partial charge in [0.1, 0.15) is 0 Å². The number of rotatable bonds is 8. The number of anilines is 1. The zero-order valence-corrected chi connectivity index (χ0v) is 21.2. The van der Waals surface area contributed by atoms with Crippen LogP contribution in [-0.2, 0) is 37.2 Å². The molecule has 1 heterocycles. The van der Waals surface area contributed by atoms with E-state index in [0.717, 1.165) is 40.8 Å². The van der Waals surface area contributed by atoms with Crippen LogP contribution in [0.5, 0.6) is 0 Å². The van der Waals surface area contributed by atoms with Gasteiger partial charge in [0.2, 0.25) is 10.0 Å². The summed E-state index contributed by atoms with van der Waals surface area (Å²) < 4.78 is 32.7. The van der Waals surface area contributed by atoms with Crippen molar-refractivity contribution in [3.05, 3.63) is 58.7 Å². The van der Waals surface area contributed by atoms with Gasteiger partial charge in [0, 0.05) is 18.8 Å². The summed E-state index contributed by atoms with van der Waals surface area (Å²) in [6, 6.07) is 11.0. The summed E-state index contributed by atoms with van der Waals surface area (Å²) in [5, 5.41) is 2.89. The van der Waals surface area contributed by atoms with Crippen LogP contribution < -0.4 is 5.32 Å². The van der Waals surface area contributed by atoms with Crippen molar-refractivity contribution in [2.45, 2.75) is 58.3 Å². The number of para-hydroxylation sites is 1. The molecule has 8 heteroatoms. The van der Waals surface area contributed by atoms with Crippen LogP contribution in [0, 0.1) is 19.8 Å². The van der Waals surface area contributed by atoms with Gasteiger partial charge in [-0.15, -0.1) is 0 Å². The molecular weight excluding hydrogens is 452 g/mol. The summed E-state index contributed by atoms with van der Waals surface area (Å²) in [6.45, 7) is 8.00. The normalized spacial score (nSPS) is 15.2. The van der Waals surface area contributed by atoms with Crippen LogP contribution in [0.25, 0.3) is 0 Å². The van der Waals surface area contributed by atoms with Gasteiger partial charge in [-0.05, 0) is 73.9 Å². The molecule has 1 N–H and O–H groups in total. The Morgan fingerprint density at radius 1 is 1.00 bits per heavy atom. The number of carbonyl (C=O) groups is 2. The first kappa shape index (κ1) is 25.9. The molecule has 0 bridgehead atoms. The van der Waals surface area contributed by atoms with Crippen LogP contribution in [0.15, 0.2) is 41.3 Å². The summed E-state index contributed by atoms with van der Waals surface area (Å²) in [6.07, 6.45) is 2.30. The molecule has 7 nitrogen and oxygen atoms in total. The molecule has 2 aromatic rings. The fraction of sp³-hybridized carbons (Fsp3) is 0.462. The van der Waals surface area contributed by atoms with Crippen LogP contribution in [0.4, 0.5) is 5.69 Å². The van der Waals surface area contributed by atoms with Crippen molar-refractivity contribution in [2.24, 2.45) is 5.92 Å². The van der Waals surface area contributed by atoms with Crippen LogP contribution in [0.1, 0.15) is 48.9 Å². The standard InChI is InChI=1S/C26H34N2O5S/c1-5-20-8-7-9-21(6-2)25(20)27-24(29)17-33-26(30)22-12-14-28(15-13-22)34(31,32)23-11-10-18(3)19(4)16-23/h7-11,16,22H,5-6,12-15,17H2,1-4H3,(H,27,29). The topological polar surface area (TPSA) is 92.8 Å². The summed E-state index contributed by atoms with van der Waals surface area (Å²) in [4.78, 5) is 25.3. The molecule has 34 heavy (non-hydrogen) atoms. The third-order valence-corrected chi connectivity index (χ3v) is 8.41. The number of nitrogens with one attached hydrogen (secondary N) is 1. The lowest BCUT2D eigenvalue weighted by molar-refractivity contribution is -0.152. The summed E-state index contributed by atoms with van der Waals surface area (Å²) in [5.74, 6) is -1.26. The zero-order valence-electron chi connectivity index (χ0n) is 20.4.